The third kappa shape index (κ3) is 9.96. The van der Waals surface area contributed by atoms with Crippen LogP contribution in [0.25, 0.3) is 0 Å². The first-order valence-corrected chi connectivity index (χ1v) is 16.1. The normalized spacial score (nSPS) is 23.4. The van der Waals surface area contributed by atoms with Crippen molar-refractivity contribution < 1.29 is 33.3 Å². The summed E-state index contributed by atoms with van der Waals surface area (Å²) in [5.74, 6) is -0.591. The molecular weight excluding hydrogens is 570 g/mol. The van der Waals surface area contributed by atoms with Gasteiger partial charge in [-0.2, -0.15) is 0 Å². The highest BCUT2D eigenvalue weighted by Crippen LogP contribution is 2.33. The number of esters is 1. The Labute approximate surface area is 266 Å². The van der Waals surface area contributed by atoms with Crippen LogP contribution in [-0.2, 0) is 53.1 Å². The molecule has 0 spiro atoms. The van der Waals surface area contributed by atoms with Crippen molar-refractivity contribution in [3.8, 4) is 0 Å². The Morgan fingerprint density at radius 3 is 1.76 bits per heavy atom. The number of ether oxygens (including phenoxy) is 5. The van der Waals surface area contributed by atoms with Crippen molar-refractivity contribution in [3.63, 3.8) is 0 Å². The van der Waals surface area contributed by atoms with Crippen LogP contribution in [0.5, 0.6) is 0 Å². The summed E-state index contributed by atoms with van der Waals surface area (Å²) in [4.78, 5) is 27.2. The standard InChI is InChI=1S/C37H45NO7/c1-28-32(27-41-34(40)21-20-33(39)38-22-12-5-13-23-38)45-37(44-26-31-18-10-4-11-19-31)36(43-25-30-16-8-3-9-17-30)35(28)42-24-29-14-6-2-7-15-29/h2-4,6-11,14-19,28,32,35-37H,5,12-13,20-27H2,1H3/t28-,32-,35+,36-,37?/m1/s1. The molecule has 0 aromatic heterocycles. The minimum Gasteiger partial charge on any atom is -0.463 e. The van der Waals surface area contributed by atoms with Crippen LogP contribution in [0.2, 0.25) is 0 Å². The van der Waals surface area contributed by atoms with Crippen LogP contribution >= 0.6 is 0 Å². The molecule has 0 aliphatic carbocycles. The molecule has 2 aliphatic rings. The molecule has 3 aromatic rings. The minimum atomic E-state index is -0.768. The summed E-state index contributed by atoms with van der Waals surface area (Å²) in [6.45, 7) is 4.66. The fraction of sp³-hybridized carbons (Fsp3) is 0.459. The van der Waals surface area contributed by atoms with Crippen molar-refractivity contribution >= 4 is 11.9 Å². The van der Waals surface area contributed by atoms with Gasteiger partial charge in [-0.25, -0.2) is 0 Å². The third-order valence-corrected chi connectivity index (χ3v) is 8.49. The van der Waals surface area contributed by atoms with Crippen LogP contribution in [0, 0.1) is 5.92 Å². The quantitative estimate of drug-likeness (QED) is 0.204. The maximum absolute atomic E-state index is 12.8. The van der Waals surface area contributed by atoms with Gasteiger partial charge in [0.1, 0.15) is 18.8 Å². The zero-order chi connectivity index (χ0) is 31.3. The molecule has 2 saturated heterocycles. The smallest absolute Gasteiger partial charge is 0.306 e. The van der Waals surface area contributed by atoms with Crippen LogP contribution in [0.1, 0.15) is 55.7 Å². The zero-order valence-electron chi connectivity index (χ0n) is 26.1. The number of amides is 1. The maximum Gasteiger partial charge on any atom is 0.306 e. The molecule has 2 aliphatic heterocycles. The van der Waals surface area contributed by atoms with Crippen molar-refractivity contribution in [1.82, 2.24) is 4.90 Å². The number of piperidine rings is 1. The van der Waals surface area contributed by atoms with Gasteiger partial charge in [0.25, 0.3) is 0 Å². The van der Waals surface area contributed by atoms with Crippen LogP contribution in [-0.4, -0.2) is 61.1 Å². The number of rotatable bonds is 14. The molecule has 5 rings (SSSR count). The summed E-state index contributed by atoms with van der Waals surface area (Å²) >= 11 is 0. The fourth-order valence-electron chi connectivity index (χ4n) is 5.83. The largest absolute Gasteiger partial charge is 0.463 e. The molecule has 2 heterocycles. The summed E-state index contributed by atoms with van der Waals surface area (Å²) < 4.78 is 31.6. The SMILES string of the molecule is C[C@H]1[C@H](OCc2ccccc2)[C@@H](OCc2ccccc2)C(OCc2ccccc2)O[C@@H]1COC(=O)CCC(=O)N1CCCCC1. The number of carbonyl (C=O) groups excluding carboxylic acids is 2. The number of likely N-dealkylation sites (tertiary alicyclic amines) is 1. The van der Waals surface area contributed by atoms with E-state index in [9.17, 15) is 9.59 Å². The molecule has 0 bridgehead atoms. The van der Waals surface area contributed by atoms with Gasteiger partial charge >= 0.3 is 5.97 Å². The average Bonchev–Trinajstić information content (AvgIpc) is 3.09. The van der Waals surface area contributed by atoms with Crippen molar-refractivity contribution in [3.05, 3.63) is 108 Å². The van der Waals surface area contributed by atoms with Crippen molar-refractivity contribution in [1.29, 1.82) is 0 Å². The van der Waals surface area contributed by atoms with Gasteiger partial charge in [0.2, 0.25) is 5.91 Å². The molecule has 45 heavy (non-hydrogen) atoms. The molecule has 0 saturated carbocycles. The second kappa shape index (κ2) is 17.2. The van der Waals surface area contributed by atoms with Crippen LogP contribution in [0.4, 0.5) is 0 Å². The zero-order valence-corrected chi connectivity index (χ0v) is 26.1. The predicted molar refractivity (Wildman–Crippen MR) is 170 cm³/mol. The van der Waals surface area contributed by atoms with E-state index < -0.39 is 30.6 Å². The summed E-state index contributed by atoms with van der Waals surface area (Å²) in [5, 5.41) is 0. The maximum atomic E-state index is 12.8. The first-order chi connectivity index (χ1) is 22.1. The van der Waals surface area contributed by atoms with Gasteiger partial charge in [0.15, 0.2) is 6.29 Å². The van der Waals surface area contributed by atoms with Crippen molar-refractivity contribution in [2.24, 2.45) is 5.92 Å². The first kappa shape index (κ1) is 32.8. The van der Waals surface area contributed by atoms with E-state index in [4.69, 9.17) is 23.7 Å². The summed E-state index contributed by atoms with van der Waals surface area (Å²) in [7, 11) is 0. The van der Waals surface area contributed by atoms with E-state index >= 15 is 0 Å². The molecule has 2 fully saturated rings. The summed E-state index contributed by atoms with van der Waals surface area (Å²) in [5.41, 5.74) is 3.08. The second-order valence-electron chi connectivity index (χ2n) is 11.8. The molecule has 0 N–H and O–H groups in total. The fourth-order valence-corrected chi connectivity index (χ4v) is 5.83. The monoisotopic (exact) mass is 615 g/mol. The molecule has 8 nitrogen and oxygen atoms in total. The molecule has 5 atom stereocenters. The van der Waals surface area contributed by atoms with E-state index in [2.05, 4.69) is 0 Å². The number of carbonyl (C=O) groups is 2. The van der Waals surface area contributed by atoms with Gasteiger partial charge in [0, 0.05) is 25.4 Å². The van der Waals surface area contributed by atoms with Gasteiger partial charge < -0.3 is 28.6 Å². The lowest BCUT2D eigenvalue weighted by atomic mass is 9.90. The highest BCUT2D eigenvalue weighted by atomic mass is 16.7. The van der Waals surface area contributed by atoms with Gasteiger partial charge in [-0.3, -0.25) is 9.59 Å². The first-order valence-electron chi connectivity index (χ1n) is 16.1. The molecular formula is C37H45NO7. The lowest BCUT2D eigenvalue weighted by Crippen LogP contribution is -2.57. The topological polar surface area (TPSA) is 83.5 Å². The van der Waals surface area contributed by atoms with Crippen LogP contribution < -0.4 is 0 Å². The number of hydrogen-bond acceptors (Lipinski definition) is 7. The second-order valence-corrected chi connectivity index (χ2v) is 11.8. The molecule has 3 aromatic carbocycles. The van der Waals surface area contributed by atoms with Crippen LogP contribution in [0.15, 0.2) is 91.0 Å². The highest BCUT2D eigenvalue weighted by molar-refractivity contribution is 5.81. The van der Waals surface area contributed by atoms with Crippen LogP contribution in [0.3, 0.4) is 0 Å². The van der Waals surface area contributed by atoms with E-state index in [0.717, 1.165) is 49.0 Å². The van der Waals surface area contributed by atoms with Gasteiger partial charge in [-0.05, 0) is 36.0 Å². The van der Waals surface area contributed by atoms with E-state index in [1.54, 1.807) is 0 Å². The minimum absolute atomic E-state index is 0.0103. The van der Waals surface area contributed by atoms with Crippen molar-refractivity contribution in [2.75, 3.05) is 19.7 Å². The van der Waals surface area contributed by atoms with Gasteiger partial charge in [-0.1, -0.05) is 97.9 Å². The Morgan fingerprint density at radius 2 is 1.20 bits per heavy atom. The van der Waals surface area contributed by atoms with Crippen molar-refractivity contribution in [2.45, 2.75) is 83.5 Å². The summed E-state index contributed by atoms with van der Waals surface area (Å²) in [6, 6.07) is 29.9. The highest BCUT2D eigenvalue weighted by Gasteiger charge is 2.46. The Bertz CT molecular complexity index is 1300. The molecule has 0 radical (unpaired) electrons. The molecule has 1 unspecified atom stereocenters. The third-order valence-electron chi connectivity index (χ3n) is 8.49. The lowest BCUT2D eigenvalue weighted by molar-refractivity contribution is -0.311. The molecule has 1 amide bonds. The number of hydrogen-bond donors (Lipinski definition) is 0. The van der Waals surface area contributed by atoms with Gasteiger partial charge in [-0.15, -0.1) is 0 Å². The van der Waals surface area contributed by atoms with E-state index in [-0.39, 0.29) is 31.3 Å². The average molecular weight is 616 g/mol. The molecule has 240 valence electrons. The predicted octanol–water partition coefficient (Wildman–Crippen LogP) is 6.07. The van der Waals surface area contributed by atoms with E-state index in [0.29, 0.717) is 19.8 Å². The number of nitrogens with zero attached hydrogens (tertiary/aromatic N) is 1. The Balaban J connectivity index is 1.27. The lowest BCUT2D eigenvalue weighted by Gasteiger charge is -2.45. The van der Waals surface area contributed by atoms with E-state index in [1.807, 2.05) is 103 Å². The van der Waals surface area contributed by atoms with E-state index in [1.165, 1.54) is 0 Å². The molecule has 8 heteroatoms. The Morgan fingerprint density at radius 1 is 0.689 bits per heavy atom. The summed E-state index contributed by atoms with van der Waals surface area (Å²) in [6.07, 6.45) is 1.17. The Kier molecular flexibility index (Phi) is 12.6. The van der Waals surface area contributed by atoms with Gasteiger partial charge in [0.05, 0.1) is 32.3 Å². The Hall–Kier alpha value is -3.56. The number of benzene rings is 3.